The van der Waals surface area contributed by atoms with E-state index < -0.39 is 22.5 Å². The van der Waals surface area contributed by atoms with Crippen LogP contribution in [0.2, 0.25) is 10.0 Å². The fraction of sp³-hybridized carbons (Fsp3) is 0.125. The summed E-state index contributed by atoms with van der Waals surface area (Å²) in [6.45, 7) is -0.493. The van der Waals surface area contributed by atoms with Crippen LogP contribution in [-0.4, -0.2) is 43.5 Å². The molecule has 0 heterocycles. The normalized spacial score (nSPS) is 11.9. The number of hydrogen-bond donors (Lipinski definition) is 2. The standard InChI is InChI=1S/C16H14BrCl2N3O4S/c1-22(27(25,26)15-7-12(18)3-4-13(15)19)9-16(24)21-20-8-10-6-11(17)2-5-14(10)23/h2-8,23H,9H2,1H3,(H,21,24)/b20-8+. The van der Waals surface area contributed by atoms with Gasteiger partial charge in [-0.05, 0) is 36.4 Å². The van der Waals surface area contributed by atoms with Crippen molar-refractivity contribution in [2.75, 3.05) is 13.6 Å². The molecule has 0 unspecified atom stereocenters. The molecule has 0 fully saturated rings. The van der Waals surface area contributed by atoms with Crippen LogP contribution in [-0.2, 0) is 14.8 Å². The number of phenolic OH excluding ortho intramolecular Hbond substituents is 1. The minimum absolute atomic E-state index is 0.00481. The lowest BCUT2D eigenvalue weighted by atomic mass is 10.2. The number of hydrazone groups is 1. The van der Waals surface area contributed by atoms with Crippen LogP contribution in [0.5, 0.6) is 5.75 Å². The number of sulfonamides is 1. The summed E-state index contributed by atoms with van der Waals surface area (Å²) in [7, 11) is -2.79. The monoisotopic (exact) mass is 493 g/mol. The number of aromatic hydroxyl groups is 1. The first-order chi connectivity index (χ1) is 12.6. The van der Waals surface area contributed by atoms with Crippen molar-refractivity contribution in [1.82, 2.24) is 9.73 Å². The van der Waals surface area contributed by atoms with Crippen molar-refractivity contribution in [1.29, 1.82) is 0 Å². The van der Waals surface area contributed by atoms with E-state index in [0.29, 0.717) is 5.56 Å². The molecule has 0 saturated carbocycles. The first kappa shape index (κ1) is 21.6. The van der Waals surface area contributed by atoms with E-state index >= 15 is 0 Å². The number of carbonyl (C=O) groups excluding carboxylic acids is 1. The van der Waals surface area contributed by atoms with Crippen molar-refractivity contribution >= 4 is 61.3 Å². The Morgan fingerprint density at radius 3 is 2.70 bits per heavy atom. The molecular formula is C16H14BrCl2N3O4S. The number of carbonyl (C=O) groups is 1. The predicted octanol–water partition coefficient (Wildman–Crippen LogP) is 3.23. The van der Waals surface area contributed by atoms with Crippen molar-refractivity contribution in [2.45, 2.75) is 4.90 Å². The molecule has 0 bridgehead atoms. The van der Waals surface area contributed by atoms with Crippen LogP contribution < -0.4 is 5.43 Å². The summed E-state index contributed by atoms with van der Waals surface area (Å²) in [6.07, 6.45) is 1.24. The van der Waals surface area contributed by atoms with Gasteiger partial charge in [-0.15, -0.1) is 0 Å². The Bertz CT molecular complexity index is 999. The topological polar surface area (TPSA) is 99.1 Å². The van der Waals surface area contributed by atoms with Gasteiger partial charge < -0.3 is 5.11 Å². The quantitative estimate of drug-likeness (QED) is 0.475. The second kappa shape index (κ2) is 9.03. The highest BCUT2D eigenvalue weighted by molar-refractivity contribution is 9.10. The van der Waals surface area contributed by atoms with Crippen LogP contribution in [0.25, 0.3) is 0 Å². The number of hydrogen-bond acceptors (Lipinski definition) is 5. The van der Waals surface area contributed by atoms with E-state index in [1.807, 2.05) is 0 Å². The Morgan fingerprint density at radius 1 is 1.30 bits per heavy atom. The average Bonchev–Trinajstić information content (AvgIpc) is 2.59. The highest BCUT2D eigenvalue weighted by Crippen LogP contribution is 2.27. The number of amides is 1. The Kier molecular flexibility index (Phi) is 7.24. The Hall–Kier alpha value is -1.65. The molecule has 11 heteroatoms. The molecule has 0 aromatic heterocycles. The SMILES string of the molecule is CN(CC(=O)N/N=C/c1cc(Br)ccc1O)S(=O)(=O)c1cc(Cl)ccc1Cl. The van der Waals surface area contributed by atoms with Crippen molar-refractivity contribution in [3.05, 3.63) is 56.5 Å². The predicted molar refractivity (Wildman–Crippen MR) is 108 cm³/mol. The molecular weight excluding hydrogens is 481 g/mol. The van der Waals surface area contributed by atoms with E-state index in [0.717, 1.165) is 8.78 Å². The molecule has 0 atom stereocenters. The zero-order valence-corrected chi connectivity index (χ0v) is 17.8. The largest absolute Gasteiger partial charge is 0.507 e. The summed E-state index contributed by atoms with van der Waals surface area (Å²) in [5.41, 5.74) is 2.57. The Morgan fingerprint density at radius 2 is 2.00 bits per heavy atom. The minimum Gasteiger partial charge on any atom is -0.507 e. The molecule has 2 N–H and O–H groups in total. The number of benzene rings is 2. The van der Waals surface area contributed by atoms with Crippen LogP contribution in [0, 0.1) is 0 Å². The van der Waals surface area contributed by atoms with Crippen LogP contribution in [0.3, 0.4) is 0 Å². The van der Waals surface area contributed by atoms with Crippen molar-refractivity contribution in [3.8, 4) is 5.75 Å². The number of likely N-dealkylation sites (N-methyl/N-ethyl adjacent to an activating group) is 1. The first-order valence-electron chi connectivity index (χ1n) is 7.33. The molecule has 7 nitrogen and oxygen atoms in total. The number of phenols is 1. The van der Waals surface area contributed by atoms with Gasteiger partial charge in [0.2, 0.25) is 10.0 Å². The summed E-state index contributed by atoms with van der Waals surface area (Å²) in [5.74, 6) is -0.698. The van der Waals surface area contributed by atoms with Crippen LogP contribution in [0.4, 0.5) is 0 Å². The minimum atomic E-state index is -4.02. The van der Waals surface area contributed by atoms with Crippen molar-refractivity contribution < 1.29 is 18.3 Å². The van der Waals surface area contributed by atoms with Crippen LogP contribution in [0.15, 0.2) is 50.9 Å². The summed E-state index contributed by atoms with van der Waals surface area (Å²) >= 11 is 15.0. The molecule has 0 spiro atoms. The number of nitrogens with one attached hydrogen (secondary N) is 1. The zero-order valence-electron chi connectivity index (χ0n) is 13.9. The van der Waals surface area contributed by atoms with Crippen molar-refractivity contribution in [3.63, 3.8) is 0 Å². The Balaban J connectivity index is 2.05. The maximum atomic E-state index is 12.5. The maximum Gasteiger partial charge on any atom is 0.255 e. The van der Waals surface area contributed by atoms with E-state index in [2.05, 4.69) is 26.5 Å². The highest BCUT2D eigenvalue weighted by atomic mass is 79.9. The molecule has 27 heavy (non-hydrogen) atoms. The second-order valence-corrected chi connectivity index (χ2v) is 9.10. The van der Waals surface area contributed by atoms with Crippen LogP contribution in [0.1, 0.15) is 5.56 Å². The summed E-state index contributed by atoms with van der Waals surface area (Å²) in [4.78, 5) is 11.8. The molecule has 2 aromatic rings. The van der Waals surface area contributed by atoms with Gasteiger partial charge in [0.25, 0.3) is 5.91 Å². The van der Waals surface area contributed by atoms with Gasteiger partial charge in [-0.1, -0.05) is 39.1 Å². The Labute approximate surface area is 174 Å². The molecule has 0 radical (unpaired) electrons. The van der Waals surface area contributed by atoms with E-state index in [4.69, 9.17) is 23.2 Å². The molecule has 2 aromatic carbocycles. The molecule has 2 rings (SSSR count). The van der Waals surface area contributed by atoms with Gasteiger partial charge in [0.1, 0.15) is 10.6 Å². The smallest absolute Gasteiger partial charge is 0.255 e. The lowest BCUT2D eigenvalue weighted by Gasteiger charge is -2.17. The number of rotatable bonds is 6. The van der Waals surface area contributed by atoms with Crippen molar-refractivity contribution in [2.24, 2.45) is 5.10 Å². The number of nitrogens with zero attached hydrogens (tertiary/aromatic N) is 2. The van der Waals surface area contributed by atoms with E-state index in [-0.39, 0.29) is 20.7 Å². The molecule has 1 amide bonds. The molecule has 0 saturated heterocycles. The summed E-state index contributed by atoms with van der Waals surface area (Å²) in [5, 5.41) is 13.6. The third-order valence-corrected chi connectivity index (χ3v) is 6.34. The fourth-order valence-corrected chi connectivity index (χ4v) is 4.21. The zero-order chi connectivity index (χ0) is 20.2. The second-order valence-electron chi connectivity index (χ2n) is 5.33. The molecule has 144 valence electrons. The average molecular weight is 495 g/mol. The third kappa shape index (κ3) is 5.66. The molecule has 0 aliphatic carbocycles. The lowest BCUT2D eigenvalue weighted by molar-refractivity contribution is -0.121. The van der Waals surface area contributed by atoms with E-state index in [1.165, 1.54) is 37.5 Å². The summed E-state index contributed by atoms with van der Waals surface area (Å²) in [6, 6.07) is 8.74. The van der Waals surface area contributed by atoms with Gasteiger partial charge in [0.15, 0.2) is 0 Å². The van der Waals surface area contributed by atoms with Gasteiger partial charge >= 0.3 is 0 Å². The van der Waals surface area contributed by atoms with E-state index in [1.54, 1.807) is 12.1 Å². The lowest BCUT2D eigenvalue weighted by Crippen LogP contribution is -2.36. The van der Waals surface area contributed by atoms with Gasteiger partial charge in [-0.25, -0.2) is 13.8 Å². The van der Waals surface area contributed by atoms with Gasteiger partial charge in [0, 0.05) is 22.1 Å². The molecule has 0 aliphatic rings. The first-order valence-corrected chi connectivity index (χ1v) is 10.3. The summed E-state index contributed by atoms with van der Waals surface area (Å²) < 4.78 is 26.6. The number of halogens is 3. The van der Waals surface area contributed by atoms with E-state index in [9.17, 15) is 18.3 Å². The fourth-order valence-electron chi connectivity index (χ4n) is 1.97. The van der Waals surface area contributed by atoms with Gasteiger partial charge in [-0.2, -0.15) is 9.41 Å². The maximum absolute atomic E-state index is 12.5. The van der Waals surface area contributed by atoms with Gasteiger partial charge in [0.05, 0.1) is 17.8 Å². The third-order valence-electron chi connectivity index (χ3n) is 3.33. The highest BCUT2D eigenvalue weighted by Gasteiger charge is 2.25. The van der Waals surface area contributed by atoms with Crippen LogP contribution >= 0.6 is 39.1 Å². The van der Waals surface area contributed by atoms with Gasteiger partial charge in [-0.3, -0.25) is 4.79 Å². The molecule has 0 aliphatic heterocycles.